The average molecular weight is 431 g/mol. The first kappa shape index (κ1) is 20.7. The van der Waals surface area contributed by atoms with Crippen LogP contribution in [0, 0.1) is 13.8 Å². The van der Waals surface area contributed by atoms with Gasteiger partial charge in [0.1, 0.15) is 0 Å². The summed E-state index contributed by atoms with van der Waals surface area (Å²) in [7, 11) is 1.98. The molecule has 32 heavy (non-hydrogen) atoms. The Kier molecular flexibility index (Phi) is 4.45. The van der Waals surface area contributed by atoms with Gasteiger partial charge in [0, 0.05) is 35.8 Å². The molecule has 1 amide bonds. The minimum atomic E-state index is -0.590. The molecular weight excluding hydrogens is 400 g/mol. The number of hydrogen-bond acceptors (Lipinski definition) is 5. The summed E-state index contributed by atoms with van der Waals surface area (Å²) in [4.78, 5) is 13.5. The molecule has 3 aliphatic rings. The van der Waals surface area contributed by atoms with Crippen molar-refractivity contribution >= 4 is 5.91 Å². The van der Waals surface area contributed by atoms with E-state index < -0.39 is 5.41 Å². The Morgan fingerprint density at radius 2 is 2.03 bits per heavy atom. The van der Waals surface area contributed by atoms with Crippen LogP contribution in [0.25, 0.3) is 11.3 Å². The fourth-order valence-electron chi connectivity index (χ4n) is 5.71. The highest BCUT2D eigenvalue weighted by Crippen LogP contribution is 2.51. The minimum absolute atomic E-state index is 0.0187. The molecule has 0 fully saturated rings. The van der Waals surface area contributed by atoms with Crippen LogP contribution in [-0.2, 0) is 17.3 Å². The smallest absolute Gasteiger partial charge is 0.250 e. The lowest BCUT2D eigenvalue weighted by Crippen LogP contribution is -2.58. The van der Waals surface area contributed by atoms with Gasteiger partial charge in [0.25, 0.3) is 5.91 Å². The summed E-state index contributed by atoms with van der Waals surface area (Å²) in [5.74, 6) is -0.0187. The van der Waals surface area contributed by atoms with Gasteiger partial charge in [-0.25, -0.2) is 0 Å². The van der Waals surface area contributed by atoms with Gasteiger partial charge in [-0.1, -0.05) is 25.1 Å². The van der Waals surface area contributed by atoms with Gasteiger partial charge >= 0.3 is 0 Å². The normalized spacial score (nSPS) is 25.8. The Hall–Kier alpha value is -3.22. The van der Waals surface area contributed by atoms with Crippen LogP contribution in [0.1, 0.15) is 50.4 Å². The number of aromatic nitrogens is 2. The minimum Gasteiger partial charge on any atom is -0.362 e. The third-order valence-corrected chi connectivity index (χ3v) is 7.18. The second-order valence-electron chi connectivity index (χ2n) is 9.75. The highest BCUT2D eigenvalue weighted by atomic mass is 16.2. The molecule has 1 aromatic heterocycles. The standard InChI is InChI=1S/C25H30N6O/c1-7-25(17-10-8-9-16(11-17)21-14(2)15(3)30-31(21)6)18-13-26-29-22(18)27-19-12-24(4,5)28-23(32)20(19)25/h8-11,13,22,27H,7,12H2,1-6H3,(H,28,32)/t22?,25-/m1/s1. The van der Waals surface area contributed by atoms with E-state index >= 15 is 0 Å². The number of rotatable bonds is 3. The van der Waals surface area contributed by atoms with E-state index in [1.165, 1.54) is 5.56 Å². The highest BCUT2D eigenvalue weighted by Gasteiger charge is 2.53. The van der Waals surface area contributed by atoms with E-state index in [1.807, 2.05) is 24.9 Å². The van der Waals surface area contributed by atoms with Crippen molar-refractivity contribution in [3.63, 3.8) is 0 Å². The van der Waals surface area contributed by atoms with Crippen molar-refractivity contribution in [2.75, 3.05) is 0 Å². The van der Waals surface area contributed by atoms with Gasteiger partial charge in [0.15, 0.2) is 6.17 Å². The predicted molar refractivity (Wildman–Crippen MR) is 124 cm³/mol. The Balaban J connectivity index is 1.75. The zero-order valence-corrected chi connectivity index (χ0v) is 19.6. The largest absolute Gasteiger partial charge is 0.362 e. The second-order valence-corrected chi connectivity index (χ2v) is 9.75. The summed E-state index contributed by atoms with van der Waals surface area (Å²) >= 11 is 0. The molecule has 0 saturated carbocycles. The first-order chi connectivity index (χ1) is 15.2. The topological polar surface area (TPSA) is 83.7 Å². The number of carbonyl (C=O) groups excluding carboxylic acids is 1. The Morgan fingerprint density at radius 1 is 1.25 bits per heavy atom. The molecule has 1 aromatic carbocycles. The molecular formula is C25H30N6O. The molecule has 3 aliphatic heterocycles. The van der Waals surface area contributed by atoms with Crippen molar-refractivity contribution in [1.29, 1.82) is 0 Å². The fourth-order valence-corrected chi connectivity index (χ4v) is 5.71. The molecule has 2 aromatic rings. The number of aryl methyl sites for hydroxylation is 2. The monoisotopic (exact) mass is 430 g/mol. The van der Waals surface area contributed by atoms with Crippen LogP contribution in [0.15, 0.2) is 57.5 Å². The van der Waals surface area contributed by atoms with E-state index in [0.717, 1.165) is 52.2 Å². The molecule has 4 heterocycles. The van der Waals surface area contributed by atoms with E-state index in [0.29, 0.717) is 0 Å². The van der Waals surface area contributed by atoms with Gasteiger partial charge in [-0.2, -0.15) is 15.3 Å². The predicted octanol–water partition coefficient (Wildman–Crippen LogP) is 4.18. The van der Waals surface area contributed by atoms with Crippen molar-refractivity contribution in [3.8, 4) is 11.3 Å². The molecule has 1 unspecified atom stereocenters. The van der Waals surface area contributed by atoms with Gasteiger partial charge in [0.05, 0.1) is 28.6 Å². The van der Waals surface area contributed by atoms with E-state index in [1.54, 1.807) is 0 Å². The van der Waals surface area contributed by atoms with Gasteiger partial charge < -0.3 is 10.6 Å². The zero-order valence-electron chi connectivity index (χ0n) is 19.6. The van der Waals surface area contributed by atoms with Crippen LogP contribution in [0.4, 0.5) is 0 Å². The Labute approximate surface area is 188 Å². The zero-order chi connectivity index (χ0) is 22.8. The van der Waals surface area contributed by atoms with E-state index in [-0.39, 0.29) is 17.6 Å². The molecule has 166 valence electrons. The lowest BCUT2D eigenvalue weighted by Gasteiger charge is -2.48. The lowest BCUT2D eigenvalue weighted by molar-refractivity contribution is -0.120. The summed E-state index contributed by atoms with van der Waals surface area (Å²) in [6.07, 6.45) is 3.07. The van der Waals surface area contributed by atoms with Crippen molar-refractivity contribution in [1.82, 2.24) is 20.4 Å². The Morgan fingerprint density at radius 3 is 2.72 bits per heavy atom. The third-order valence-electron chi connectivity index (χ3n) is 7.18. The summed E-state index contributed by atoms with van der Waals surface area (Å²) in [6, 6.07) is 8.54. The number of benzene rings is 1. The Bertz CT molecular complexity index is 1230. The second kappa shape index (κ2) is 6.89. The van der Waals surface area contributed by atoms with Gasteiger partial charge in [-0.05, 0) is 51.3 Å². The number of carbonyl (C=O) groups is 1. The van der Waals surface area contributed by atoms with Crippen molar-refractivity contribution in [2.45, 2.75) is 64.6 Å². The number of hydrogen-bond donors (Lipinski definition) is 2. The van der Waals surface area contributed by atoms with Crippen LogP contribution in [0.2, 0.25) is 0 Å². The van der Waals surface area contributed by atoms with E-state index in [9.17, 15) is 4.79 Å². The first-order valence-corrected chi connectivity index (χ1v) is 11.2. The third kappa shape index (κ3) is 2.80. The van der Waals surface area contributed by atoms with Crippen molar-refractivity contribution in [3.05, 3.63) is 64.1 Å². The maximum Gasteiger partial charge on any atom is 0.250 e. The summed E-state index contributed by atoms with van der Waals surface area (Å²) in [6.45, 7) is 10.4. The molecule has 0 spiro atoms. The maximum atomic E-state index is 13.5. The molecule has 2 atom stereocenters. The number of nitrogens with one attached hydrogen (secondary N) is 2. The fraction of sp³-hybridized carbons (Fsp3) is 0.440. The van der Waals surface area contributed by atoms with Gasteiger partial charge in [-0.3, -0.25) is 9.48 Å². The molecule has 0 saturated heterocycles. The van der Waals surface area contributed by atoms with Gasteiger partial charge in [-0.15, -0.1) is 0 Å². The van der Waals surface area contributed by atoms with Crippen LogP contribution < -0.4 is 10.6 Å². The van der Waals surface area contributed by atoms with E-state index in [2.05, 4.69) is 77.9 Å². The molecule has 0 radical (unpaired) electrons. The lowest BCUT2D eigenvalue weighted by atomic mass is 9.62. The number of amides is 1. The average Bonchev–Trinajstić information content (AvgIpc) is 3.29. The first-order valence-electron chi connectivity index (χ1n) is 11.2. The summed E-state index contributed by atoms with van der Waals surface area (Å²) < 4.78 is 1.94. The maximum absolute atomic E-state index is 13.5. The van der Waals surface area contributed by atoms with Gasteiger partial charge in [0.2, 0.25) is 0 Å². The molecule has 2 N–H and O–H groups in total. The molecule has 7 nitrogen and oxygen atoms in total. The van der Waals surface area contributed by atoms with Crippen molar-refractivity contribution < 1.29 is 4.79 Å². The molecule has 0 aliphatic carbocycles. The number of azo groups is 1. The summed E-state index contributed by atoms with van der Waals surface area (Å²) in [5, 5.41) is 20.0. The molecule has 0 bridgehead atoms. The SMILES string of the molecule is CC[C@@]1(c2cccc(-c3c(C)c(C)nn3C)c2)C2=CN=NC2NC2=C1C(=O)NC(C)(C)C2. The van der Waals surface area contributed by atoms with Crippen LogP contribution in [0.5, 0.6) is 0 Å². The number of fused-ring (bicyclic) bond motifs is 1. The van der Waals surface area contributed by atoms with Crippen LogP contribution in [-0.4, -0.2) is 27.4 Å². The van der Waals surface area contributed by atoms with Crippen LogP contribution >= 0.6 is 0 Å². The summed E-state index contributed by atoms with van der Waals surface area (Å²) in [5.41, 5.74) is 7.36. The molecule has 5 rings (SSSR count). The molecule has 7 heteroatoms. The highest BCUT2D eigenvalue weighted by molar-refractivity contribution is 6.00. The van der Waals surface area contributed by atoms with E-state index in [4.69, 9.17) is 0 Å². The van der Waals surface area contributed by atoms with Crippen LogP contribution in [0.3, 0.4) is 0 Å². The number of nitrogens with zero attached hydrogens (tertiary/aromatic N) is 4. The van der Waals surface area contributed by atoms with Crippen molar-refractivity contribution in [2.24, 2.45) is 17.3 Å². The quantitative estimate of drug-likeness (QED) is 0.766.